The molecule has 0 aliphatic carbocycles. The lowest BCUT2D eigenvalue weighted by atomic mass is 10.4. The molecule has 1 rings (SSSR count). The van der Waals surface area contributed by atoms with Crippen LogP contribution < -0.4 is 0 Å². The van der Waals surface area contributed by atoms with E-state index in [9.17, 15) is 13.2 Å². The van der Waals surface area contributed by atoms with Crippen LogP contribution in [0.3, 0.4) is 0 Å². The van der Waals surface area contributed by atoms with E-state index < -0.39 is 15.0 Å². The molecule has 1 aromatic heterocycles. The van der Waals surface area contributed by atoms with E-state index in [2.05, 4.69) is 0 Å². The van der Waals surface area contributed by atoms with Crippen molar-refractivity contribution in [3.05, 3.63) is 18.0 Å². The summed E-state index contributed by atoms with van der Waals surface area (Å²) in [7, 11) is 1.43. The molecule has 0 N–H and O–H groups in total. The second-order valence-electron chi connectivity index (χ2n) is 4.44. The van der Waals surface area contributed by atoms with Crippen molar-refractivity contribution >= 4 is 25.7 Å². The molecule has 0 saturated carbocycles. The quantitative estimate of drug-likeness (QED) is 0.393. The van der Waals surface area contributed by atoms with Gasteiger partial charge in [-0.1, -0.05) is 13.8 Å². The van der Waals surface area contributed by atoms with Crippen LogP contribution in [0.15, 0.2) is 17.2 Å². The Morgan fingerprint density at radius 2 is 1.95 bits per heavy atom. The van der Waals surface area contributed by atoms with Gasteiger partial charge in [-0.3, -0.25) is 0 Å². The topological polar surface area (TPSA) is 74.6 Å². The van der Waals surface area contributed by atoms with Crippen LogP contribution in [-0.2, 0) is 25.1 Å². The third kappa shape index (κ3) is 5.68. The average molecular weight is 338 g/mol. The smallest absolute Gasteiger partial charge is 0.355 e. The summed E-state index contributed by atoms with van der Waals surface area (Å²) in [5.74, 6) is -0.588. The SMILES string of the molecule is CCCOCCOC(=O)c1cc(S(=O)(=O)Cl)cn1CCC. The maximum Gasteiger partial charge on any atom is 0.355 e. The van der Waals surface area contributed by atoms with E-state index in [4.69, 9.17) is 20.2 Å². The molecule has 0 aliphatic rings. The Morgan fingerprint density at radius 1 is 1.24 bits per heavy atom. The van der Waals surface area contributed by atoms with Gasteiger partial charge in [-0.25, -0.2) is 13.2 Å². The zero-order chi connectivity index (χ0) is 15.9. The predicted octanol–water partition coefficient (Wildman–Crippen LogP) is 2.41. The lowest BCUT2D eigenvalue weighted by molar-refractivity contribution is 0.0308. The Labute approximate surface area is 129 Å². The fraction of sp³-hybridized carbons (Fsp3) is 0.615. The molecule has 0 atom stereocenters. The van der Waals surface area contributed by atoms with Gasteiger partial charge in [-0.2, -0.15) is 0 Å². The summed E-state index contributed by atoms with van der Waals surface area (Å²) in [6.45, 7) is 5.45. The minimum atomic E-state index is -3.87. The number of rotatable bonds is 9. The molecule has 0 spiro atoms. The third-order valence-corrected chi connectivity index (χ3v) is 3.96. The zero-order valence-corrected chi connectivity index (χ0v) is 13.7. The lowest BCUT2D eigenvalue weighted by Crippen LogP contribution is -2.15. The molecular formula is C13H20ClNO5S. The summed E-state index contributed by atoms with van der Waals surface area (Å²) in [5, 5.41) is 0. The number of carbonyl (C=O) groups is 1. The molecular weight excluding hydrogens is 318 g/mol. The number of nitrogens with zero attached hydrogens (tertiary/aromatic N) is 1. The van der Waals surface area contributed by atoms with Gasteiger partial charge in [0.2, 0.25) is 0 Å². The summed E-state index contributed by atoms with van der Waals surface area (Å²) in [6.07, 6.45) is 2.98. The standard InChI is InChI=1S/C13H20ClNO5S/c1-3-5-15-10-11(21(14,17)18)9-12(15)13(16)20-8-7-19-6-4-2/h9-10H,3-8H2,1-2H3. The normalized spacial score (nSPS) is 11.6. The van der Waals surface area contributed by atoms with E-state index >= 15 is 0 Å². The van der Waals surface area contributed by atoms with Gasteiger partial charge in [-0.15, -0.1) is 0 Å². The summed E-state index contributed by atoms with van der Waals surface area (Å²) in [5.41, 5.74) is 0.173. The summed E-state index contributed by atoms with van der Waals surface area (Å²) in [4.78, 5) is 11.9. The molecule has 0 bridgehead atoms. The number of hydrogen-bond donors (Lipinski definition) is 0. The highest BCUT2D eigenvalue weighted by Gasteiger charge is 2.20. The van der Waals surface area contributed by atoms with Crippen LogP contribution in [0, 0.1) is 0 Å². The maximum atomic E-state index is 12.0. The van der Waals surface area contributed by atoms with Crippen molar-refractivity contribution < 1.29 is 22.7 Å². The van der Waals surface area contributed by atoms with Crippen molar-refractivity contribution in [2.24, 2.45) is 0 Å². The highest BCUT2D eigenvalue weighted by molar-refractivity contribution is 8.13. The van der Waals surface area contributed by atoms with Gasteiger partial charge in [0.15, 0.2) is 0 Å². The second-order valence-corrected chi connectivity index (χ2v) is 7.01. The molecule has 0 amide bonds. The molecule has 0 aliphatic heterocycles. The van der Waals surface area contributed by atoms with E-state index in [0.717, 1.165) is 12.8 Å². The number of aromatic nitrogens is 1. The van der Waals surface area contributed by atoms with Crippen molar-refractivity contribution in [2.45, 2.75) is 38.1 Å². The average Bonchev–Trinajstić information content (AvgIpc) is 2.83. The Hall–Kier alpha value is -1.05. The Kier molecular flexibility index (Phi) is 7.21. The van der Waals surface area contributed by atoms with Gasteiger partial charge in [0.1, 0.15) is 17.2 Å². The largest absolute Gasteiger partial charge is 0.459 e. The van der Waals surface area contributed by atoms with Crippen molar-refractivity contribution in [1.29, 1.82) is 0 Å². The van der Waals surface area contributed by atoms with Crippen LogP contribution in [0.1, 0.15) is 37.2 Å². The molecule has 0 saturated heterocycles. The minimum Gasteiger partial charge on any atom is -0.459 e. The van der Waals surface area contributed by atoms with E-state index in [1.54, 1.807) is 0 Å². The first kappa shape index (κ1) is 18.0. The van der Waals surface area contributed by atoms with E-state index in [1.165, 1.54) is 16.8 Å². The van der Waals surface area contributed by atoms with Gasteiger partial charge in [-0.05, 0) is 18.9 Å². The van der Waals surface area contributed by atoms with Crippen LogP contribution in [0.4, 0.5) is 0 Å². The zero-order valence-electron chi connectivity index (χ0n) is 12.2. The summed E-state index contributed by atoms with van der Waals surface area (Å²) >= 11 is 0. The molecule has 120 valence electrons. The van der Waals surface area contributed by atoms with E-state index in [1.807, 2.05) is 13.8 Å². The van der Waals surface area contributed by atoms with Gasteiger partial charge < -0.3 is 14.0 Å². The Balaban J connectivity index is 2.75. The number of aryl methyl sites for hydroxylation is 1. The predicted molar refractivity (Wildman–Crippen MR) is 79.2 cm³/mol. The molecule has 8 heteroatoms. The molecule has 1 heterocycles. The van der Waals surface area contributed by atoms with Crippen LogP contribution in [0.25, 0.3) is 0 Å². The van der Waals surface area contributed by atoms with Crippen LogP contribution in [-0.4, -0.2) is 38.8 Å². The van der Waals surface area contributed by atoms with E-state index in [-0.39, 0.29) is 17.2 Å². The highest BCUT2D eigenvalue weighted by atomic mass is 35.7. The Bertz CT molecular complexity index is 567. The lowest BCUT2D eigenvalue weighted by Gasteiger charge is -2.08. The molecule has 0 fully saturated rings. The molecule has 0 radical (unpaired) electrons. The number of esters is 1. The van der Waals surface area contributed by atoms with Crippen molar-refractivity contribution in [1.82, 2.24) is 4.57 Å². The van der Waals surface area contributed by atoms with Crippen molar-refractivity contribution in [3.8, 4) is 0 Å². The summed E-state index contributed by atoms with van der Waals surface area (Å²) < 4.78 is 34.5. The first-order valence-electron chi connectivity index (χ1n) is 6.79. The first-order chi connectivity index (χ1) is 9.90. The number of ether oxygens (including phenoxy) is 2. The summed E-state index contributed by atoms with van der Waals surface area (Å²) in [6, 6.07) is 1.23. The fourth-order valence-corrected chi connectivity index (χ4v) is 2.49. The first-order valence-corrected chi connectivity index (χ1v) is 9.10. The van der Waals surface area contributed by atoms with Crippen LogP contribution in [0.5, 0.6) is 0 Å². The number of carbonyl (C=O) groups excluding carboxylic acids is 1. The molecule has 1 aromatic rings. The van der Waals surface area contributed by atoms with Crippen LogP contribution >= 0.6 is 10.7 Å². The van der Waals surface area contributed by atoms with E-state index in [0.29, 0.717) is 19.8 Å². The van der Waals surface area contributed by atoms with Crippen molar-refractivity contribution in [3.63, 3.8) is 0 Å². The second kappa shape index (κ2) is 8.41. The fourth-order valence-electron chi connectivity index (χ4n) is 1.73. The van der Waals surface area contributed by atoms with Gasteiger partial charge >= 0.3 is 5.97 Å². The number of hydrogen-bond acceptors (Lipinski definition) is 5. The van der Waals surface area contributed by atoms with Gasteiger partial charge in [0, 0.05) is 30.0 Å². The van der Waals surface area contributed by atoms with Crippen molar-refractivity contribution in [2.75, 3.05) is 19.8 Å². The van der Waals surface area contributed by atoms with Gasteiger partial charge in [0.05, 0.1) is 6.61 Å². The maximum absolute atomic E-state index is 12.0. The number of halogens is 1. The monoisotopic (exact) mass is 337 g/mol. The third-order valence-electron chi connectivity index (χ3n) is 2.64. The molecule has 6 nitrogen and oxygen atoms in total. The minimum absolute atomic E-state index is 0.105. The van der Waals surface area contributed by atoms with Crippen LogP contribution in [0.2, 0.25) is 0 Å². The van der Waals surface area contributed by atoms with Gasteiger partial charge in [0.25, 0.3) is 9.05 Å². The Morgan fingerprint density at radius 3 is 2.52 bits per heavy atom. The molecule has 0 aromatic carbocycles. The molecule has 21 heavy (non-hydrogen) atoms. The highest BCUT2D eigenvalue weighted by Crippen LogP contribution is 2.19. The molecule has 0 unspecified atom stereocenters.